The van der Waals surface area contributed by atoms with E-state index < -0.39 is 5.97 Å². The third-order valence-corrected chi connectivity index (χ3v) is 3.31. The maximum atomic E-state index is 12.4. The fourth-order valence-corrected chi connectivity index (χ4v) is 2.14. The number of ether oxygens (including phenoxy) is 5. The molecule has 128 valence electrons. The van der Waals surface area contributed by atoms with Crippen molar-refractivity contribution in [1.82, 2.24) is 0 Å². The van der Waals surface area contributed by atoms with Crippen LogP contribution in [0.2, 0.25) is 0 Å². The second-order valence-electron chi connectivity index (χ2n) is 4.71. The molecule has 0 amide bonds. The van der Waals surface area contributed by atoms with Crippen molar-refractivity contribution in [1.29, 1.82) is 0 Å². The summed E-state index contributed by atoms with van der Waals surface area (Å²) >= 11 is 0. The molecule has 0 radical (unpaired) electrons. The molecule has 2 rings (SSSR count). The van der Waals surface area contributed by atoms with Crippen LogP contribution in [-0.4, -0.2) is 34.4 Å². The number of anilines is 1. The smallest absolute Gasteiger partial charge is 0.343 e. The highest BCUT2D eigenvalue weighted by atomic mass is 16.5. The molecule has 0 unspecified atom stereocenters. The average molecular weight is 333 g/mol. The van der Waals surface area contributed by atoms with Gasteiger partial charge in [-0.15, -0.1) is 0 Å². The topological polar surface area (TPSA) is 89.2 Å². The highest BCUT2D eigenvalue weighted by molar-refractivity contribution is 5.92. The van der Waals surface area contributed by atoms with Gasteiger partial charge in [0.05, 0.1) is 39.7 Å². The Labute approximate surface area is 139 Å². The third-order valence-electron chi connectivity index (χ3n) is 3.31. The molecule has 0 aliphatic carbocycles. The molecule has 0 spiro atoms. The molecule has 0 saturated heterocycles. The first kappa shape index (κ1) is 17.3. The number of hydrogen-bond donors (Lipinski definition) is 1. The van der Waals surface area contributed by atoms with Gasteiger partial charge in [0.1, 0.15) is 11.5 Å². The first-order valence-corrected chi connectivity index (χ1v) is 6.99. The van der Waals surface area contributed by atoms with E-state index in [-0.39, 0.29) is 5.56 Å². The molecule has 2 N–H and O–H groups in total. The van der Waals surface area contributed by atoms with Crippen LogP contribution < -0.4 is 29.4 Å². The monoisotopic (exact) mass is 333 g/mol. The summed E-state index contributed by atoms with van der Waals surface area (Å²) in [5.74, 6) is 1.33. The van der Waals surface area contributed by atoms with E-state index in [1.807, 2.05) is 0 Å². The Morgan fingerprint density at radius 1 is 0.833 bits per heavy atom. The van der Waals surface area contributed by atoms with E-state index >= 15 is 0 Å². The number of rotatable bonds is 6. The summed E-state index contributed by atoms with van der Waals surface area (Å²) < 4.78 is 26.0. The molecule has 2 aromatic rings. The molecule has 0 fully saturated rings. The normalized spacial score (nSPS) is 10.0. The summed E-state index contributed by atoms with van der Waals surface area (Å²) in [5.41, 5.74) is 6.42. The number of esters is 1. The first-order valence-electron chi connectivity index (χ1n) is 6.99. The van der Waals surface area contributed by atoms with Crippen molar-refractivity contribution in [2.24, 2.45) is 0 Å². The summed E-state index contributed by atoms with van der Waals surface area (Å²) in [5, 5.41) is 0. The third kappa shape index (κ3) is 3.45. The fraction of sp³-hybridized carbons (Fsp3) is 0.235. The number of carbonyl (C=O) groups is 1. The summed E-state index contributed by atoms with van der Waals surface area (Å²) in [7, 11) is 5.93. The van der Waals surface area contributed by atoms with Gasteiger partial charge in [-0.3, -0.25) is 0 Å². The van der Waals surface area contributed by atoms with Crippen LogP contribution in [0, 0.1) is 0 Å². The van der Waals surface area contributed by atoms with Gasteiger partial charge in [0, 0.05) is 6.07 Å². The highest BCUT2D eigenvalue weighted by Crippen LogP contribution is 2.38. The van der Waals surface area contributed by atoms with Crippen LogP contribution in [0.5, 0.6) is 28.7 Å². The molecule has 2 aromatic carbocycles. The van der Waals surface area contributed by atoms with Crippen molar-refractivity contribution >= 4 is 11.7 Å². The first-order chi connectivity index (χ1) is 11.5. The van der Waals surface area contributed by atoms with Crippen molar-refractivity contribution < 1.29 is 28.5 Å². The lowest BCUT2D eigenvalue weighted by Crippen LogP contribution is -2.10. The van der Waals surface area contributed by atoms with Gasteiger partial charge < -0.3 is 29.4 Å². The van der Waals surface area contributed by atoms with E-state index in [1.165, 1.54) is 46.6 Å². The minimum absolute atomic E-state index is 0.249. The van der Waals surface area contributed by atoms with Crippen LogP contribution in [0.3, 0.4) is 0 Å². The van der Waals surface area contributed by atoms with Gasteiger partial charge in [0.15, 0.2) is 11.5 Å². The minimum atomic E-state index is -0.584. The Bertz CT molecular complexity index is 719. The number of methoxy groups -OCH3 is 4. The van der Waals surface area contributed by atoms with Gasteiger partial charge in [0.25, 0.3) is 0 Å². The van der Waals surface area contributed by atoms with E-state index in [2.05, 4.69) is 0 Å². The molecule has 24 heavy (non-hydrogen) atoms. The Balaban J connectivity index is 2.31. The highest BCUT2D eigenvalue weighted by Gasteiger charge is 2.18. The summed E-state index contributed by atoms with van der Waals surface area (Å²) in [4.78, 5) is 12.4. The summed E-state index contributed by atoms with van der Waals surface area (Å²) in [6, 6.07) is 7.74. The molecule has 0 atom stereocenters. The van der Waals surface area contributed by atoms with Crippen molar-refractivity contribution in [2.45, 2.75) is 0 Å². The fourth-order valence-electron chi connectivity index (χ4n) is 2.14. The van der Waals surface area contributed by atoms with E-state index in [1.54, 1.807) is 12.1 Å². The number of carbonyl (C=O) groups excluding carboxylic acids is 1. The number of benzene rings is 2. The number of hydrogen-bond acceptors (Lipinski definition) is 7. The van der Waals surface area contributed by atoms with Crippen LogP contribution in [0.15, 0.2) is 30.3 Å². The van der Waals surface area contributed by atoms with Gasteiger partial charge in [-0.2, -0.15) is 0 Å². The number of nitrogens with two attached hydrogens (primary N) is 1. The van der Waals surface area contributed by atoms with Crippen LogP contribution >= 0.6 is 0 Å². The zero-order valence-corrected chi connectivity index (χ0v) is 13.9. The Morgan fingerprint density at radius 3 is 1.88 bits per heavy atom. The molecule has 0 aliphatic rings. The van der Waals surface area contributed by atoms with Gasteiger partial charge in [-0.25, -0.2) is 4.79 Å². The Hall–Kier alpha value is -3.09. The molecular weight excluding hydrogens is 314 g/mol. The van der Waals surface area contributed by atoms with Crippen LogP contribution in [0.4, 0.5) is 5.69 Å². The SMILES string of the molecule is COc1ccc(OC(=O)c2cc(OC)c(OC)c(OC)c2)cc1N. The van der Waals surface area contributed by atoms with Crippen molar-refractivity contribution in [3.8, 4) is 28.7 Å². The molecule has 0 bridgehead atoms. The molecule has 7 nitrogen and oxygen atoms in total. The largest absolute Gasteiger partial charge is 0.495 e. The zero-order valence-electron chi connectivity index (χ0n) is 13.9. The maximum absolute atomic E-state index is 12.4. The van der Waals surface area contributed by atoms with Crippen molar-refractivity contribution in [3.63, 3.8) is 0 Å². The van der Waals surface area contributed by atoms with E-state index in [9.17, 15) is 4.79 Å². The van der Waals surface area contributed by atoms with E-state index in [4.69, 9.17) is 29.4 Å². The van der Waals surface area contributed by atoms with Crippen LogP contribution in [0.25, 0.3) is 0 Å². The van der Waals surface area contributed by atoms with Crippen LogP contribution in [0.1, 0.15) is 10.4 Å². The van der Waals surface area contributed by atoms with Crippen LogP contribution in [-0.2, 0) is 0 Å². The van der Waals surface area contributed by atoms with Gasteiger partial charge in [-0.1, -0.05) is 0 Å². The molecule has 0 aliphatic heterocycles. The predicted molar refractivity (Wildman–Crippen MR) is 88.5 cm³/mol. The predicted octanol–water partition coefficient (Wildman–Crippen LogP) is 2.52. The average Bonchev–Trinajstić information content (AvgIpc) is 2.60. The molecule has 0 aromatic heterocycles. The second-order valence-corrected chi connectivity index (χ2v) is 4.71. The van der Waals surface area contributed by atoms with Gasteiger partial charge in [-0.05, 0) is 24.3 Å². The quantitative estimate of drug-likeness (QED) is 0.493. The standard InChI is InChI=1S/C17H19NO6/c1-20-13-6-5-11(9-12(13)18)24-17(19)10-7-14(21-2)16(23-4)15(8-10)22-3/h5-9H,18H2,1-4H3. The lowest BCUT2D eigenvalue weighted by atomic mass is 10.2. The molecule has 7 heteroatoms. The zero-order chi connectivity index (χ0) is 17.7. The number of nitrogen functional groups attached to an aromatic ring is 1. The van der Waals surface area contributed by atoms with Crippen molar-refractivity contribution in [3.05, 3.63) is 35.9 Å². The summed E-state index contributed by atoms with van der Waals surface area (Å²) in [6.45, 7) is 0. The lowest BCUT2D eigenvalue weighted by Gasteiger charge is -2.14. The Morgan fingerprint density at radius 2 is 1.42 bits per heavy atom. The minimum Gasteiger partial charge on any atom is -0.495 e. The van der Waals surface area contributed by atoms with Gasteiger partial charge in [0.2, 0.25) is 5.75 Å². The summed E-state index contributed by atoms with van der Waals surface area (Å²) in [6.07, 6.45) is 0. The van der Waals surface area contributed by atoms with Crippen molar-refractivity contribution in [2.75, 3.05) is 34.2 Å². The maximum Gasteiger partial charge on any atom is 0.343 e. The van der Waals surface area contributed by atoms with E-state index in [0.717, 1.165) is 0 Å². The lowest BCUT2D eigenvalue weighted by molar-refractivity contribution is 0.0734. The second kappa shape index (κ2) is 7.45. The molecule has 0 heterocycles. The molecular formula is C17H19NO6. The Kier molecular flexibility index (Phi) is 5.36. The molecule has 0 saturated carbocycles. The van der Waals surface area contributed by atoms with Gasteiger partial charge >= 0.3 is 5.97 Å². The van der Waals surface area contributed by atoms with E-state index in [0.29, 0.717) is 34.4 Å².